The summed E-state index contributed by atoms with van der Waals surface area (Å²) in [4.78, 5) is 28.5. The molecular formula is C19H22F2N2O4. The van der Waals surface area contributed by atoms with Crippen molar-refractivity contribution >= 4 is 17.5 Å². The van der Waals surface area contributed by atoms with Gasteiger partial charge in [-0.25, -0.2) is 8.78 Å². The Hall–Kier alpha value is -2.06. The molecule has 1 aromatic rings. The van der Waals surface area contributed by atoms with Crippen LogP contribution in [-0.2, 0) is 19.1 Å². The molecule has 3 saturated heterocycles. The molecule has 0 spiro atoms. The van der Waals surface area contributed by atoms with E-state index in [1.165, 1.54) is 4.90 Å². The molecule has 0 aliphatic carbocycles. The summed E-state index contributed by atoms with van der Waals surface area (Å²) < 4.78 is 38.0. The van der Waals surface area contributed by atoms with Crippen LogP contribution < -0.4 is 4.90 Å². The van der Waals surface area contributed by atoms with Gasteiger partial charge in [-0.05, 0) is 31.4 Å². The van der Waals surface area contributed by atoms with Crippen LogP contribution in [0.1, 0.15) is 19.3 Å². The zero-order valence-corrected chi connectivity index (χ0v) is 14.9. The van der Waals surface area contributed by atoms with E-state index in [1.807, 2.05) is 0 Å². The van der Waals surface area contributed by atoms with E-state index in [0.29, 0.717) is 32.7 Å². The van der Waals surface area contributed by atoms with Gasteiger partial charge in [0.2, 0.25) is 11.8 Å². The Kier molecular flexibility index (Phi) is 5.10. The van der Waals surface area contributed by atoms with E-state index >= 15 is 0 Å². The second-order valence-electron chi connectivity index (χ2n) is 7.23. The predicted molar refractivity (Wildman–Crippen MR) is 91.8 cm³/mol. The van der Waals surface area contributed by atoms with E-state index < -0.39 is 23.5 Å². The molecule has 6 nitrogen and oxygen atoms in total. The normalized spacial score (nSPS) is 24.8. The Morgan fingerprint density at radius 2 is 1.59 bits per heavy atom. The van der Waals surface area contributed by atoms with Gasteiger partial charge < -0.3 is 19.3 Å². The van der Waals surface area contributed by atoms with Crippen molar-refractivity contribution in [3.63, 3.8) is 0 Å². The van der Waals surface area contributed by atoms with Crippen LogP contribution in [-0.4, -0.2) is 55.9 Å². The summed E-state index contributed by atoms with van der Waals surface area (Å²) >= 11 is 0. The minimum atomic E-state index is -0.785. The van der Waals surface area contributed by atoms with E-state index in [4.69, 9.17) is 9.47 Å². The lowest BCUT2D eigenvalue weighted by Gasteiger charge is -2.34. The molecule has 3 aliphatic rings. The quantitative estimate of drug-likeness (QED) is 0.752. The number of anilines is 1. The monoisotopic (exact) mass is 380 g/mol. The first-order valence-corrected chi connectivity index (χ1v) is 9.32. The molecule has 0 radical (unpaired) electrons. The third-order valence-corrected chi connectivity index (χ3v) is 5.55. The van der Waals surface area contributed by atoms with E-state index in [0.717, 1.165) is 31.0 Å². The maximum absolute atomic E-state index is 13.4. The summed E-state index contributed by atoms with van der Waals surface area (Å²) in [6, 6.07) is 2.98. The van der Waals surface area contributed by atoms with Gasteiger partial charge in [-0.2, -0.15) is 0 Å². The lowest BCUT2D eigenvalue weighted by molar-refractivity contribution is -0.144. The number of benzene rings is 1. The number of piperidine rings is 1. The molecule has 3 heterocycles. The Balaban J connectivity index is 1.38. The van der Waals surface area contributed by atoms with Crippen LogP contribution in [0.3, 0.4) is 0 Å². The Morgan fingerprint density at radius 3 is 2.22 bits per heavy atom. The average molecular weight is 380 g/mol. The first-order chi connectivity index (χ1) is 13.0. The molecule has 0 saturated carbocycles. The molecule has 146 valence electrons. The van der Waals surface area contributed by atoms with Crippen LogP contribution in [0.5, 0.6) is 0 Å². The highest BCUT2D eigenvalue weighted by Crippen LogP contribution is 2.30. The van der Waals surface area contributed by atoms with Crippen molar-refractivity contribution in [1.29, 1.82) is 0 Å². The largest absolute Gasteiger partial charge is 0.350 e. The zero-order valence-electron chi connectivity index (χ0n) is 14.9. The summed E-state index contributed by atoms with van der Waals surface area (Å²) in [6.07, 6.45) is 1.71. The van der Waals surface area contributed by atoms with Gasteiger partial charge in [0, 0.05) is 37.3 Å². The summed E-state index contributed by atoms with van der Waals surface area (Å²) in [6.45, 7) is 2.61. The van der Waals surface area contributed by atoms with Crippen LogP contribution in [0, 0.1) is 23.5 Å². The van der Waals surface area contributed by atoms with E-state index in [2.05, 4.69) is 0 Å². The number of rotatable bonds is 3. The second kappa shape index (κ2) is 7.52. The topological polar surface area (TPSA) is 59.1 Å². The second-order valence-corrected chi connectivity index (χ2v) is 7.23. The smallest absolute Gasteiger partial charge is 0.239 e. The van der Waals surface area contributed by atoms with E-state index in [-0.39, 0.29) is 30.3 Å². The number of likely N-dealkylation sites (tertiary alicyclic amines) is 1. The molecule has 1 atom stereocenters. The summed E-state index contributed by atoms with van der Waals surface area (Å²) in [5.74, 6) is -2.60. The zero-order chi connectivity index (χ0) is 19.0. The third-order valence-electron chi connectivity index (χ3n) is 5.55. The highest BCUT2D eigenvalue weighted by Gasteiger charge is 2.41. The molecule has 0 aromatic heterocycles. The number of amides is 2. The number of halogens is 2. The van der Waals surface area contributed by atoms with Gasteiger partial charge in [-0.1, -0.05) is 0 Å². The standard InChI is InChI=1S/C19H22F2N2O4/c20-13-9-14(21)11-15(10-13)23-6-3-16(18(23)25)17(24)22-4-1-12(2-5-22)19-26-7-8-27-19/h9-12,16,19H,1-8H2. The molecule has 1 aromatic carbocycles. The molecule has 8 heteroatoms. The fourth-order valence-corrected chi connectivity index (χ4v) is 4.12. The van der Waals surface area contributed by atoms with Crippen LogP contribution >= 0.6 is 0 Å². The van der Waals surface area contributed by atoms with Crippen LogP contribution in [0.15, 0.2) is 18.2 Å². The van der Waals surface area contributed by atoms with Crippen molar-refractivity contribution in [3.05, 3.63) is 29.8 Å². The highest BCUT2D eigenvalue weighted by atomic mass is 19.1. The molecule has 0 bridgehead atoms. The number of hydrogen-bond donors (Lipinski definition) is 0. The average Bonchev–Trinajstić information content (AvgIpc) is 3.30. The highest BCUT2D eigenvalue weighted by molar-refractivity contribution is 6.09. The molecule has 4 rings (SSSR count). The van der Waals surface area contributed by atoms with Gasteiger partial charge in [0.25, 0.3) is 0 Å². The van der Waals surface area contributed by atoms with Crippen molar-refractivity contribution in [3.8, 4) is 0 Å². The van der Waals surface area contributed by atoms with Crippen molar-refractivity contribution in [1.82, 2.24) is 4.90 Å². The van der Waals surface area contributed by atoms with Gasteiger partial charge >= 0.3 is 0 Å². The van der Waals surface area contributed by atoms with Gasteiger partial charge in [0.1, 0.15) is 17.6 Å². The molecule has 0 N–H and O–H groups in total. The van der Waals surface area contributed by atoms with Crippen LogP contribution in [0.4, 0.5) is 14.5 Å². The summed E-state index contributed by atoms with van der Waals surface area (Å²) in [7, 11) is 0. The molecule has 3 fully saturated rings. The molecule has 2 amide bonds. The van der Waals surface area contributed by atoms with E-state index in [9.17, 15) is 18.4 Å². The fraction of sp³-hybridized carbons (Fsp3) is 0.579. The minimum Gasteiger partial charge on any atom is -0.350 e. The molecule has 27 heavy (non-hydrogen) atoms. The van der Waals surface area contributed by atoms with Crippen molar-refractivity contribution in [2.45, 2.75) is 25.6 Å². The molecular weight excluding hydrogens is 358 g/mol. The van der Waals surface area contributed by atoms with Crippen LogP contribution in [0.2, 0.25) is 0 Å². The maximum atomic E-state index is 13.4. The van der Waals surface area contributed by atoms with Gasteiger partial charge in [-0.15, -0.1) is 0 Å². The Bertz CT molecular complexity index is 710. The Morgan fingerprint density at radius 1 is 0.963 bits per heavy atom. The summed E-state index contributed by atoms with van der Waals surface area (Å²) in [5.41, 5.74) is 0.155. The summed E-state index contributed by atoms with van der Waals surface area (Å²) in [5, 5.41) is 0. The van der Waals surface area contributed by atoms with Crippen molar-refractivity contribution in [2.75, 3.05) is 37.7 Å². The Labute approximate surface area is 156 Å². The number of carbonyl (C=O) groups is 2. The SMILES string of the molecule is O=C(C1CCN(c2cc(F)cc(F)c2)C1=O)N1CCC(C2OCCO2)CC1. The van der Waals surface area contributed by atoms with Crippen LogP contribution in [0.25, 0.3) is 0 Å². The predicted octanol–water partition coefficient (Wildman–Crippen LogP) is 1.93. The lowest BCUT2D eigenvalue weighted by atomic mass is 9.94. The van der Waals surface area contributed by atoms with Gasteiger partial charge in [0.15, 0.2) is 6.29 Å². The number of carbonyl (C=O) groups excluding carboxylic acids is 2. The molecule has 1 unspecified atom stereocenters. The van der Waals surface area contributed by atoms with E-state index in [1.54, 1.807) is 4.90 Å². The number of hydrogen-bond acceptors (Lipinski definition) is 4. The third kappa shape index (κ3) is 3.68. The minimum absolute atomic E-state index is 0.155. The first-order valence-electron chi connectivity index (χ1n) is 9.32. The van der Waals surface area contributed by atoms with Crippen molar-refractivity contribution < 1.29 is 27.8 Å². The fourth-order valence-electron chi connectivity index (χ4n) is 4.12. The number of nitrogens with zero attached hydrogens (tertiary/aromatic N) is 2. The maximum Gasteiger partial charge on any atom is 0.239 e. The first kappa shape index (κ1) is 18.3. The van der Waals surface area contributed by atoms with Gasteiger partial charge in [-0.3, -0.25) is 9.59 Å². The lowest BCUT2D eigenvalue weighted by Crippen LogP contribution is -2.45. The van der Waals surface area contributed by atoms with Crippen molar-refractivity contribution in [2.24, 2.45) is 11.8 Å². The van der Waals surface area contributed by atoms with Gasteiger partial charge in [0.05, 0.1) is 13.2 Å². The molecule has 3 aliphatic heterocycles. The number of ether oxygens (including phenoxy) is 2.